The van der Waals surface area contributed by atoms with Crippen molar-refractivity contribution >= 4 is 11.0 Å². The van der Waals surface area contributed by atoms with E-state index >= 15 is 0 Å². The van der Waals surface area contributed by atoms with Crippen LogP contribution in [0.1, 0.15) is 11.1 Å². The van der Waals surface area contributed by atoms with Gasteiger partial charge in [0.1, 0.15) is 0 Å². The van der Waals surface area contributed by atoms with Crippen molar-refractivity contribution in [2.24, 2.45) is 0 Å². The summed E-state index contributed by atoms with van der Waals surface area (Å²) in [6.07, 6.45) is 1.86. The van der Waals surface area contributed by atoms with Crippen LogP contribution in [0.5, 0.6) is 6.01 Å². The summed E-state index contributed by atoms with van der Waals surface area (Å²) in [4.78, 5) is 23.5. The predicted molar refractivity (Wildman–Crippen MR) is 79.6 cm³/mol. The third-order valence-electron chi connectivity index (χ3n) is 3.88. The number of H-pyrrole nitrogens is 1. The number of fused-ring (bicyclic) bond motifs is 4. The van der Waals surface area contributed by atoms with Crippen molar-refractivity contribution < 1.29 is 4.74 Å². The fourth-order valence-corrected chi connectivity index (χ4v) is 2.85. The summed E-state index contributed by atoms with van der Waals surface area (Å²) in [5.74, 6) is 0. The molecule has 5 nitrogen and oxygen atoms in total. The van der Waals surface area contributed by atoms with Crippen molar-refractivity contribution in [2.45, 2.75) is 12.8 Å². The first kappa shape index (κ1) is 12.1. The molecule has 1 aromatic carbocycles. The lowest BCUT2D eigenvalue weighted by molar-refractivity contribution is 0.380. The molecule has 2 heterocycles. The Bertz CT molecular complexity index is 915. The molecule has 5 heteroatoms. The van der Waals surface area contributed by atoms with E-state index in [-0.39, 0.29) is 11.6 Å². The Morgan fingerprint density at radius 1 is 1.14 bits per heavy atom. The average molecular weight is 279 g/mol. The largest absolute Gasteiger partial charge is 0.468 e. The minimum absolute atomic E-state index is 0.184. The maximum absolute atomic E-state index is 12.1. The van der Waals surface area contributed by atoms with Crippen LogP contribution >= 0.6 is 0 Å². The third kappa shape index (κ3) is 1.81. The van der Waals surface area contributed by atoms with Crippen LogP contribution in [0.3, 0.4) is 0 Å². The summed E-state index contributed by atoms with van der Waals surface area (Å²) in [5.41, 5.74) is 4.63. The monoisotopic (exact) mass is 279 g/mol. The zero-order valence-corrected chi connectivity index (χ0v) is 11.5. The smallest absolute Gasteiger partial charge is 0.298 e. The van der Waals surface area contributed by atoms with Gasteiger partial charge in [-0.25, -0.2) is 4.98 Å². The molecule has 2 aromatic heterocycles. The summed E-state index contributed by atoms with van der Waals surface area (Å²) < 4.78 is 5.01. The van der Waals surface area contributed by atoms with Gasteiger partial charge in [-0.05, 0) is 30.0 Å². The zero-order chi connectivity index (χ0) is 14.4. The average Bonchev–Trinajstić information content (AvgIpc) is 2.53. The van der Waals surface area contributed by atoms with E-state index in [1.807, 2.05) is 18.2 Å². The quantitative estimate of drug-likeness (QED) is 0.740. The lowest BCUT2D eigenvalue weighted by Crippen LogP contribution is -2.13. The second-order valence-corrected chi connectivity index (χ2v) is 5.10. The molecule has 0 fully saturated rings. The Balaban J connectivity index is 2.05. The number of hydrogen-bond acceptors (Lipinski definition) is 4. The summed E-state index contributed by atoms with van der Waals surface area (Å²) >= 11 is 0. The standard InChI is InChI=1S/C16H13N3O2/c1-21-16-18-14-12(15(20)19-16)8-10-7-6-9-4-2-3-5-11(9)13(10)17-14/h2-5,8H,6-7H2,1H3,(H,17,18,19,20). The Kier molecular flexibility index (Phi) is 2.54. The summed E-state index contributed by atoms with van der Waals surface area (Å²) in [7, 11) is 1.47. The SMILES string of the molecule is COc1nc2nc3c(cc2c(=O)[nH]1)CCc1ccccc1-3. The van der Waals surface area contributed by atoms with Gasteiger partial charge in [-0.15, -0.1) is 0 Å². The second kappa shape index (κ2) is 4.41. The number of aromatic nitrogens is 3. The van der Waals surface area contributed by atoms with Gasteiger partial charge in [0.2, 0.25) is 0 Å². The molecule has 0 saturated heterocycles. The van der Waals surface area contributed by atoms with Crippen LogP contribution in [0.25, 0.3) is 22.3 Å². The summed E-state index contributed by atoms with van der Waals surface area (Å²) in [6, 6.07) is 10.3. The van der Waals surface area contributed by atoms with E-state index in [0.717, 1.165) is 29.7 Å². The molecule has 0 unspecified atom stereocenters. The molecule has 104 valence electrons. The Morgan fingerprint density at radius 2 is 1.95 bits per heavy atom. The van der Waals surface area contributed by atoms with Gasteiger partial charge in [-0.3, -0.25) is 9.78 Å². The number of nitrogens with zero attached hydrogens (tertiary/aromatic N) is 2. The first-order chi connectivity index (χ1) is 10.3. The zero-order valence-electron chi connectivity index (χ0n) is 11.5. The second-order valence-electron chi connectivity index (χ2n) is 5.10. The summed E-state index contributed by atoms with van der Waals surface area (Å²) in [6.45, 7) is 0. The number of pyridine rings is 1. The maximum atomic E-state index is 12.1. The fraction of sp³-hybridized carbons (Fsp3) is 0.188. The van der Waals surface area contributed by atoms with E-state index in [1.165, 1.54) is 12.7 Å². The van der Waals surface area contributed by atoms with Crippen molar-refractivity contribution in [1.29, 1.82) is 0 Å². The lowest BCUT2D eigenvalue weighted by atomic mass is 9.89. The van der Waals surface area contributed by atoms with Gasteiger partial charge >= 0.3 is 0 Å². The number of aromatic amines is 1. The van der Waals surface area contributed by atoms with E-state index in [9.17, 15) is 4.79 Å². The normalized spacial score (nSPS) is 12.8. The van der Waals surface area contributed by atoms with Crippen molar-refractivity contribution in [1.82, 2.24) is 15.0 Å². The van der Waals surface area contributed by atoms with Gasteiger partial charge in [-0.1, -0.05) is 24.3 Å². The van der Waals surface area contributed by atoms with Gasteiger partial charge in [-0.2, -0.15) is 4.98 Å². The predicted octanol–water partition coefficient (Wildman–Crippen LogP) is 2.09. The number of methoxy groups -OCH3 is 1. The minimum atomic E-state index is -0.217. The highest BCUT2D eigenvalue weighted by atomic mass is 16.5. The van der Waals surface area contributed by atoms with Crippen LogP contribution in [0.2, 0.25) is 0 Å². The van der Waals surface area contributed by atoms with Crippen LogP contribution in [0.15, 0.2) is 35.1 Å². The number of benzene rings is 1. The molecular weight excluding hydrogens is 266 g/mol. The molecule has 0 atom stereocenters. The molecular formula is C16H13N3O2. The van der Waals surface area contributed by atoms with Gasteiger partial charge in [0, 0.05) is 5.56 Å². The van der Waals surface area contributed by atoms with Crippen LogP contribution in [-0.4, -0.2) is 22.1 Å². The van der Waals surface area contributed by atoms with E-state index in [4.69, 9.17) is 4.74 Å². The topological polar surface area (TPSA) is 67.9 Å². The molecule has 3 aromatic rings. The number of aryl methyl sites for hydroxylation is 2. The molecule has 0 aliphatic heterocycles. The molecule has 0 radical (unpaired) electrons. The molecule has 21 heavy (non-hydrogen) atoms. The van der Waals surface area contributed by atoms with Crippen LogP contribution < -0.4 is 10.3 Å². The third-order valence-corrected chi connectivity index (χ3v) is 3.88. The lowest BCUT2D eigenvalue weighted by Gasteiger charge is -2.18. The molecule has 1 aliphatic carbocycles. The molecule has 0 bridgehead atoms. The van der Waals surface area contributed by atoms with E-state index in [1.54, 1.807) is 0 Å². The molecule has 0 spiro atoms. The first-order valence-corrected chi connectivity index (χ1v) is 6.82. The van der Waals surface area contributed by atoms with Crippen LogP contribution in [0.4, 0.5) is 0 Å². The van der Waals surface area contributed by atoms with E-state index in [0.29, 0.717) is 11.0 Å². The highest BCUT2D eigenvalue weighted by molar-refractivity contribution is 5.81. The Morgan fingerprint density at radius 3 is 2.81 bits per heavy atom. The Hall–Kier alpha value is -2.69. The highest BCUT2D eigenvalue weighted by Crippen LogP contribution is 2.32. The van der Waals surface area contributed by atoms with Crippen molar-refractivity contribution in [3.05, 3.63) is 51.8 Å². The molecule has 0 saturated carbocycles. The van der Waals surface area contributed by atoms with Gasteiger partial charge in [0.15, 0.2) is 5.65 Å². The van der Waals surface area contributed by atoms with Gasteiger partial charge < -0.3 is 4.74 Å². The van der Waals surface area contributed by atoms with Crippen LogP contribution in [-0.2, 0) is 12.8 Å². The number of hydrogen-bond donors (Lipinski definition) is 1. The fourth-order valence-electron chi connectivity index (χ4n) is 2.85. The van der Waals surface area contributed by atoms with Gasteiger partial charge in [0.25, 0.3) is 11.6 Å². The number of nitrogens with one attached hydrogen (secondary N) is 1. The molecule has 1 aliphatic rings. The van der Waals surface area contributed by atoms with Crippen LogP contribution in [0, 0.1) is 0 Å². The number of rotatable bonds is 1. The maximum Gasteiger partial charge on any atom is 0.298 e. The minimum Gasteiger partial charge on any atom is -0.468 e. The highest BCUT2D eigenvalue weighted by Gasteiger charge is 2.19. The molecule has 1 N–H and O–H groups in total. The van der Waals surface area contributed by atoms with E-state index in [2.05, 4.69) is 27.1 Å². The van der Waals surface area contributed by atoms with Crippen molar-refractivity contribution in [3.8, 4) is 17.3 Å². The summed E-state index contributed by atoms with van der Waals surface area (Å²) in [5, 5.41) is 0.508. The Labute approximate surface area is 120 Å². The first-order valence-electron chi connectivity index (χ1n) is 6.82. The number of ether oxygens (including phenoxy) is 1. The van der Waals surface area contributed by atoms with E-state index < -0.39 is 0 Å². The molecule has 4 rings (SSSR count). The van der Waals surface area contributed by atoms with Gasteiger partial charge in [0.05, 0.1) is 18.2 Å². The molecule has 0 amide bonds. The van der Waals surface area contributed by atoms with Crippen molar-refractivity contribution in [3.63, 3.8) is 0 Å². The van der Waals surface area contributed by atoms with Crippen molar-refractivity contribution in [2.75, 3.05) is 7.11 Å².